The van der Waals surface area contributed by atoms with Crippen LogP contribution in [-0.2, 0) is 10.2 Å². The Morgan fingerprint density at radius 1 is 0.973 bits per heavy atom. The third kappa shape index (κ3) is 6.55. The first kappa shape index (κ1) is 26.4. The van der Waals surface area contributed by atoms with E-state index in [0.29, 0.717) is 33.9 Å². The van der Waals surface area contributed by atoms with Crippen molar-refractivity contribution in [1.29, 1.82) is 0 Å². The average Bonchev–Trinajstić information content (AvgIpc) is 3.15. The van der Waals surface area contributed by atoms with Crippen LogP contribution in [0.3, 0.4) is 0 Å². The van der Waals surface area contributed by atoms with Gasteiger partial charge in [-0.3, -0.25) is 19.8 Å². The molecule has 190 valence electrons. The van der Waals surface area contributed by atoms with Crippen molar-refractivity contribution in [2.24, 2.45) is 0 Å². The van der Waals surface area contributed by atoms with E-state index >= 15 is 0 Å². The average molecular weight is 535 g/mol. The van der Waals surface area contributed by atoms with Gasteiger partial charge in [-0.25, -0.2) is 0 Å². The number of amides is 1. The number of thiocarbonyl (C=S) groups is 1. The Morgan fingerprint density at radius 2 is 1.57 bits per heavy atom. The molecule has 37 heavy (non-hydrogen) atoms. The second kappa shape index (κ2) is 11.1. The van der Waals surface area contributed by atoms with E-state index in [1.54, 1.807) is 12.1 Å². The number of benzene rings is 3. The Kier molecular flexibility index (Phi) is 7.94. The molecule has 9 heteroatoms. The maximum absolute atomic E-state index is 13.0. The largest absolute Gasteiger partial charge is 0.490 e. The highest BCUT2D eigenvalue weighted by atomic mass is 32.2. The summed E-state index contributed by atoms with van der Waals surface area (Å²) in [5, 5.41) is 11.1. The molecule has 1 aliphatic heterocycles. The number of anilines is 1. The minimum atomic E-state index is -0.503. The highest BCUT2D eigenvalue weighted by Gasteiger charge is 2.33. The van der Waals surface area contributed by atoms with Gasteiger partial charge < -0.3 is 9.47 Å². The minimum absolute atomic E-state index is 0.101. The predicted octanol–water partition coefficient (Wildman–Crippen LogP) is 6.76. The molecule has 0 aromatic heterocycles. The lowest BCUT2D eigenvalue weighted by Crippen LogP contribution is -2.27. The fraction of sp³-hybridized carbons (Fsp3) is 0.214. The van der Waals surface area contributed by atoms with Crippen molar-refractivity contribution in [2.45, 2.75) is 26.2 Å². The van der Waals surface area contributed by atoms with Gasteiger partial charge in [-0.2, -0.15) is 0 Å². The van der Waals surface area contributed by atoms with Crippen molar-refractivity contribution in [3.63, 3.8) is 0 Å². The van der Waals surface area contributed by atoms with Crippen LogP contribution < -0.4 is 14.4 Å². The van der Waals surface area contributed by atoms with E-state index < -0.39 is 4.92 Å². The van der Waals surface area contributed by atoms with Gasteiger partial charge >= 0.3 is 0 Å². The van der Waals surface area contributed by atoms with Crippen LogP contribution in [0.4, 0.5) is 11.4 Å². The number of nitro benzene ring substituents is 1. The van der Waals surface area contributed by atoms with Crippen LogP contribution in [0.15, 0.2) is 77.7 Å². The molecule has 1 fully saturated rings. The van der Waals surface area contributed by atoms with Crippen LogP contribution in [0.2, 0.25) is 0 Å². The Bertz CT molecular complexity index is 1350. The number of rotatable bonds is 8. The van der Waals surface area contributed by atoms with Crippen molar-refractivity contribution in [3.8, 4) is 11.5 Å². The molecule has 0 bridgehead atoms. The zero-order valence-electron chi connectivity index (χ0n) is 20.7. The number of nitrogens with zero attached hydrogens (tertiary/aromatic N) is 2. The summed E-state index contributed by atoms with van der Waals surface area (Å²) in [6.07, 6.45) is 1.74. The van der Waals surface area contributed by atoms with Crippen LogP contribution in [0, 0.1) is 10.1 Å². The van der Waals surface area contributed by atoms with Crippen LogP contribution in [0.25, 0.3) is 6.08 Å². The first-order valence-corrected chi connectivity index (χ1v) is 12.8. The Labute approximate surface area is 225 Å². The molecule has 4 rings (SSSR count). The monoisotopic (exact) mass is 534 g/mol. The molecule has 1 saturated heterocycles. The second-order valence-corrected chi connectivity index (χ2v) is 11.0. The molecule has 1 heterocycles. The Hall–Kier alpha value is -3.69. The van der Waals surface area contributed by atoms with E-state index in [1.165, 1.54) is 28.7 Å². The van der Waals surface area contributed by atoms with Gasteiger partial charge in [0, 0.05) is 12.1 Å². The van der Waals surface area contributed by atoms with E-state index in [-0.39, 0.29) is 17.0 Å². The number of ether oxygens (including phenoxy) is 2. The summed E-state index contributed by atoms with van der Waals surface area (Å²) in [6.45, 7) is 7.32. The lowest BCUT2D eigenvalue weighted by atomic mass is 9.87. The zero-order valence-corrected chi connectivity index (χ0v) is 22.3. The smallest absolute Gasteiger partial charge is 0.271 e. The number of carbonyl (C=O) groups excluding carboxylic acids is 1. The van der Waals surface area contributed by atoms with Gasteiger partial charge in [-0.1, -0.05) is 75.1 Å². The second-order valence-electron chi connectivity index (χ2n) is 9.33. The zero-order chi connectivity index (χ0) is 26.6. The van der Waals surface area contributed by atoms with Crippen LogP contribution in [0.1, 0.15) is 31.9 Å². The number of nitro groups is 1. The quantitative estimate of drug-likeness (QED) is 0.104. The molecule has 3 aromatic carbocycles. The van der Waals surface area contributed by atoms with Crippen LogP contribution >= 0.6 is 24.0 Å². The summed E-state index contributed by atoms with van der Waals surface area (Å²) in [4.78, 5) is 25.3. The molecule has 7 nitrogen and oxygen atoms in total. The third-order valence-corrected chi connectivity index (χ3v) is 6.91. The summed E-state index contributed by atoms with van der Waals surface area (Å²) in [7, 11) is 0. The molecule has 1 amide bonds. The number of hydrogen-bond acceptors (Lipinski definition) is 7. The van der Waals surface area contributed by atoms with E-state index in [0.717, 1.165) is 23.1 Å². The van der Waals surface area contributed by atoms with Gasteiger partial charge in [0.2, 0.25) is 0 Å². The Morgan fingerprint density at radius 3 is 2.14 bits per heavy atom. The maximum atomic E-state index is 13.0. The van der Waals surface area contributed by atoms with Gasteiger partial charge in [0.05, 0.1) is 15.5 Å². The lowest BCUT2D eigenvalue weighted by Gasteiger charge is -2.19. The molecule has 0 spiro atoms. The van der Waals surface area contributed by atoms with E-state index in [4.69, 9.17) is 21.7 Å². The fourth-order valence-corrected chi connectivity index (χ4v) is 4.92. The number of non-ortho nitro benzene ring substituents is 1. The summed E-state index contributed by atoms with van der Waals surface area (Å²) in [6, 6.07) is 21.3. The standard InChI is InChI=1S/C28H26N2O5S2/c1-28(2,3)20-9-13-24(14-10-20)35-16-15-34-23-11-7-19(8-12-23)17-25-26(31)29(27(36)37-25)21-5-4-6-22(18-21)30(32)33/h4-14,17-18H,15-16H2,1-3H3/b25-17+. The van der Waals surface area contributed by atoms with Crippen molar-refractivity contribution >= 4 is 51.7 Å². The van der Waals surface area contributed by atoms with Gasteiger partial charge in [-0.05, 0) is 52.9 Å². The highest BCUT2D eigenvalue weighted by molar-refractivity contribution is 8.27. The molecular weight excluding hydrogens is 508 g/mol. The normalized spacial score (nSPS) is 14.8. The number of carbonyl (C=O) groups is 1. The Balaban J connectivity index is 1.32. The molecule has 1 aliphatic rings. The van der Waals surface area contributed by atoms with Crippen LogP contribution in [0.5, 0.6) is 11.5 Å². The minimum Gasteiger partial charge on any atom is -0.490 e. The maximum Gasteiger partial charge on any atom is 0.271 e. The van der Waals surface area contributed by atoms with E-state index in [2.05, 4.69) is 32.9 Å². The van der Waals surface area contributed by atoms with Crippen molar-refractivity contribution in [2.75, 3.05) is 18.1 Å². The molecule has 0 N–H and O–H groups in total. The van der Waals surface area contributed by atoms with Crippen molar-refractivity contribution < 1.29 is 19.2 Å². The summed E-state index contributed by atoms with van der Waals surface area (Å²) in [5.74, 6) is 1.17. The SMILES string of the molecule is CC(C)(C)c1ccc(OCCOc2ccc(/C=C3/SC(=S)N(c4cccc([N+](=O)[O-])c4)C3=O)cc2)cc1. The number of hydrogen-bond donors (Lipinski definition) is 0. The summed E-state index contributed by atoms with van der Waals surface area (Å²) < 4.78 is 11.9. The molecule has 3 aromatic rings. The molecule has 0 aliphatic carbocycles. The first-order valence-electron chi connectivity index (χ1n) is 11.6. The van der Waals surface area contributed by atoms with E-state index in [9.17, 15) is 14.9 Å². The predicted molar refractivity (Wildman–Crippen MR) is 151 cm³/mol. The van der Waals surface area contributed by atoms with E-state index in [1.807, 2.05) is 36.4 Å². The first-order chi connectivity index (χ1) is 17.6. The molecule has 0 atom stereocenters. The molecular formula is C28H26N2O5S2. The van der Waals surface area contributed by atoms with Crippen LogP contribution in [-0.4, -0.2) is 28.4 Å². The lowest BCUT2D eigenvalue weighted by molar-refractivity contribution is -0.384. The highest BCUT2D eigenvalue weighted by Crippen LogP contribution is 2.37. The summed E-state index contributed by atoms with van der Waals surface area (Å²) >= 11 is 6.52. The molecule has 0 unspecified atom stereocenters. The summed E-state index contributed by atoms with van der Waals surface area (Å²) in [5.41, 5.74) is 2.43. The molecule has 0 saturated carbocycles. The topological polar surface area (TPSA) is 81.9 Å². The molecule has 0 radical (unpaired) electrons. The van der Waals surface area contributed by atoms with Gasteiger partial charge in [-0.15, -0.1) is 0 Å². The van der Waals surface area contributed by atoms with Crippen molar-refractivity contribution in [1.82, 2.24) is 0 Å². The van der Waals surface area contributed by atoms with Crippen molar-refractivity contribution in [3.05, 3.63) is 98.9 Å². The fourth-order valence-electron chi connectivity index (χ4n) is 3.62. The number of thioether (sulfide) groups is 1. The van der Waals surface area contributed by atoms with Gasteiger partial charge in [0.25, 0.3) is 11.6 Å². The van der Waals surface area contributed by atoms with Gasteiger partial charge in [0.15, 0.2) is 4.32 Å². The van der Waals surface area contributed by atoms with Gasteiger partial charge in [0.1, 0.15) is 24.7 Å². The third-order valence-electron chi connectivity index (χ3n) is 5.61.